The summed E-state index contributed by atoms with van der Waals surface area (Å²) in [4.78, 5) is 29.1. The first-order valence-corrected chi connectivity index (χ1v) is 8.66. The van der Waals surface area contributed by atoms with E-state index in [1.165, 1.54) is 34.4 Å². The fraction of sp³-hybridized carbons (Fsp3) is 0.0526. The van der Waals surface area contributed by atoms with E-state index >= 15 is 0 Å². The first-order valence-electron chi connectivity index (χ1n) is 7.78. The third-order valence-electron chi connectivity index (χ3n) is 3.53. The van der Waals surface area contributed by atoms with Crippen LogP contribution in [0.15, 0.2) is 66.1 Å². The SMILES string of the molecule is Cc1csc(N(C(=O)/C=C/c2cccc([N+](=O)[O-])c2)c2ccccc2)n1. The van der Waals surface area contributed by atoms with Crippen LogP contribution < -0.4 is 4.90 Å². The first kappa shape index (κ1) is 17.5. The Morgan fingerprint density at radius 3 is 2.62 bits per heavy atom. The van der Waals surface area contributed by atoms with E-state index in [0.29, 0.717) is 16.4 Å². The fourth-order valence-corrected chi connectivity index (χ4v) is 3.16. The second kappa shape index (κ2) is 7.71. The maximum atomic E-state index is 12.8. The van der Waals surface area contributed by atoms with Crippen LogP contribution in [0, 0.1) is 17.0 Å². The molecule has 1 amide bonds. The molecule has 0 aliphatic rings. The van der Waals surface area contributed by atoms with Gasteiger partial charge in [-0.25, -0.2) is 4.98 Å². The third kappa shape index (κ3) is 4.01. The zero-order valence-electron chi connectivity index (χ0n) is 13.9. The fourth-order valence-electron chi connectivity index (χ4n) is 2.34. The molecule has 7 heteroatoms. The average molecular weight is 365 g/mol. The van der Waals surface area contributed by atoms with E-state index in [4.69, 9.17) is 0 Å². The van der Waals surface area contributed by atoms with Crippen LogP contribution in [-0.2, 0) is 4.79 Å². The lowest BCUT2D eigenvalue weighted by atomic mass is 10.2. The molecule has 0 aliphatic carbocycles. The van der Waals surface area contributed by atoms with Crippen molar-refractivity contribution in [3.63, 3.8) is 0 Å². The number of rotatable bonds is 5. The zero-order valence-corrected chi connectivity index (χ0v) is 14.7. The Labute approximate surface area is 154 Å². The number of aryl methyl sites for hydroxylation is 1. The third-order valence-corrected chi connectivity index (χ3v) is 4.48. The van der Waals surface area contributed by atoms with E-state index < -0.39 is 4.92 Å². The van der Waals surface area contributed by atoms with E-state index in [2.05, 4.69) is 4.98 Å². The van der Waals surface area contributed by atoms with Crippen molar-refractivity contribution < 1.29 is 9.72 Å². The second-order valence-corrected chi connectivity index (χ2v) is 6.30. The van der Waals surface area contributed by atoms with Gasteiger partial charge in [0.1, 0.15) is 0 Å². The standard InChI is InChI=1S/C19H15N3O3S/c1-14-13-26-19(20-14)21(16-7-3-2-4-8-16)18(23)11-10-15-6-5-9-17(12-15)22(24)25/h2-13H,1H3/b11-10+. The van der Waals surface area contributed by atoms with E-state index in [9.17, 15) is 14.9 Å². The number of thiazole rings is 1. The molecule has 0 atom stereocenters. The minimum atomic E-state index is -0.465. The molecule has 0 spiro atoms. The van der Waals surface area contributed by atoms with E-state index in [1.54, 1.807) is 18.2 Å². The van der Waals surface area contributed by atoms with Gasteiger partial charge in [0.05, 0.1) is 16.3 Å². The van der Waals surface area contributed by atoms with E-state index in [0.717, 1.165) is 5.69 Å². The highest BCUT2D eigenvalue weighted by molar-refractivity contribution is 7.14. The summed E-state index contributed by atoms with van der Waals surface area (Å²) < 4.78 is 0. The predicted molar refractivity (Wildman–Crippen MR) is 103 cm³/mol. The van der Waals surface area contributed by atoms with Gasteiger partial charge in [0.2, 0.25) is 0 Å². The predicted octanol–water partition coefficient (Wildman–Crippen LogP) is 4.74. The van der Waals surface area contributed by atoms with Gasteiger partial charge in [-0.3, -0.25) is 19.8 Å². The molecule has 0 bridgehead atoms. The van der Waals surface area contributed by atoms with Gasteiger partial charge in [0, 0.05) is 23.6 Å². The van der Waals surface area contributed by atoms with Gasteiger partial charge >= 0.3 is 0 Å². The number of anilines is 2. The summed E-state index contributed by atoms with van der Waals surface area (Å²) in [5, 5.41) is 13.3. The minimum Gasteiger partial charge on any atom is -0.269 e. The van der Waals surface area contributed by atoms with Crippen LogP contribution in [0.2, 0.25) is 0 Å². The number of carbonyl (C=O) groups is 1. The van der Waals surface area contributed by atoms with Crippen LogP contribution in [0.25, 0.3) is 6.08 Å². The number of para-hydroxylation sites is 1. The normalized spacial score (nSPS) is 10.8. The van der Waals surface area contributed by atoms with Crippen LogP contribution >= 0.6 is 11.3 Å². The van der Waals surface area contributed by atoms with Gasteiger partial charge in [-0.15, -0.1) is 11.3 Å². The quantitative estimate of drug-likeness (QED) is 0.372. The molecule has 26 heavy (non-hydrogen) atoms. The lowest BCUT2D eigenvalue weighted by Crippen LogP contribution is -2.23. The first-order chi connectivity index (χ1) is 12.5. The van der Waals surface area contributed by atoms with Crippen molar-refractivity contribution in [1.82, 2.24) is 4.98 Å². The highest BCUT2D eigenvalue weighted by Gasteiger charge is 2.18. The average Bonchev–Trinajstić information content (AvgIpc) is 3.07. The van der Waals surface area contributed by atoms with Crippen molar-refractivity contribution in [3.05, 3.63) is 87.4 Å². The van der Waals surface area contributed by atoms with E-state index in [1.807, 2.05) is 42.6 Å². The van der Waals surface area contributed by atoms with E-state index in [-0.39, 0.29) is 11.6 Å². The molecule has 6 nitrogen and oxygen atoms in total. The van der Waals surface area contributed by atoms with Crippen molar-refractivity contribution in [3.8, 4) is 0 Å². The Kier molecular flexibility index (Phi) is 5.19. The van der Waals surface area contributed by atoms with Crippen molar-refractivity contribution in [2.24, 2.45) is 0 Å². The summed E-state index contributed by atoms with van der Waals surface area (Å²) in [6.07, 6.45) is 2.95. The number of benzene rings is 2. The maximum Gasteiger partial charge on any atom is 0.270 e. The summed E-state index contributed by atoms with van der Waals surface area (Å²) in [6, 6.07) is 15.3. The Hall–Kier alpha value is -3.32. The molecule has 0 fully saturated rings. The highest BCUT2D eigenvalue weighted by Crippen LogP contribution is 2.29. The number of amides is 1. The molecule has 2 aromatic carbocycles. The van der Waals surface area contributed by atoms with Gasteiger partial charge in [0.15, 0.2) is 5.13 Å². The largest absolute Gasteiger partial charge is 0.270 e. The van der Waals surface area contributed by atoms with Crippen molar-refractivity contribution in [1.29, 1.82) is 0 Å². The summed E-state index contributed by atoms with van der Waals surface area (Å²) >= 11 is 1.38. The number of hydrogen-bond acceptors (Lipinski definition) is 5. The zero-order chi connectivity index (χ0) is 18.5. The molecule has 3 rings (SSSR count). The number of nitrogens with zero attached hydrogens (tertiary/aromatic N) is 3. The van der Waals surface area contributed by atoms with Crippen LogP contribution in [0.3, 0.4) is 0 Å². The van der Waals surface area contributed by atoms with Gasteiger partial charge in [-0.1, -0.05) is 30.3 Å². The number of aromatic nitrogens is 1. The topological polar surface area (TPSA) is 76.3 Å². The van der Waals surface area contributed by atoms with Crippen LogP contribution in [-0.4, -0.2) is 15.8 Å². The number of nitro groups is 1. The molecule has 3 aromatic rings. The summed E-state index contributed by atoms with van der Waals surface area (Å²) in [5.41, 5.74) is 2.10. The van der Waals surface area contributed by atoms with Crippen LogP contribution in [0.5, 0.6) is 0 Å². The summed E-state index contributed by atoms with van der Waals surface area (Å²) in [7, 11) is 0. The molecule has 1 aromatic heterocycles. The van der Waals surface area contributed by atoms with Crippen molar-refractivity contribution in [2.75, 3.05) is 4.90 Å². The lowest BCUT2D eigenvalue weighted by molar-refractivity contribution is -0.384. The molecule has 0 unspecified atom stereocenters. The molecule has 0 radical (unpaired) electrons. The Bertz CT molecular complexity index is 967. The van der Waals surface area contributed by atoms with Gasteiger partial charge in [-0.05, 0) is 30.7 Å². The molecular formula is C19H15N3O3S. The smallest absolute Gasteiger partial charge is 0.269 e. The number of carbonyl (C=O) groups excluding carboxylic acids is 1. The molecule has 0 N–H and O–H groups in total. The molecule has 130 valence electrons. The Morgan fingerprint density at radius 2 is 1.96 bits per heavy atom. The number of hydrogen-bond donors (Lipinski definition) is 0. The molecule has 0 aliphatic heterocycles. The highest BCUT2D eigenvalue weighted by atomic mass is 32.1. The van der Waals surface area contributed by atoms with Crippen molar-refractivity contribution >= 4 is 39.8 Å². The Balaban J connectivity index is 1.91. The maximum absolute atomic E-state index is 12.8. The van der Waals surface area contributed by atoms with Gasteiger partial charge in [-0.2, -0.15) is 0 Å². The lowest BCUT2D eigenvalue weighted by Gasteiger charge is -2.18. The van der Waals surface area contributed by atoms with Gasteiger partial charge in [0.25, 0.3) is 11.6 Å². The molecular weight excluding hydrogens is 350 g/mol. The minimum absolute atomic E-state index is 0.0185. The molecule has 0 saturated heterocycles. The van der Waals surface area contributed by atoms with Crippen molar-refractivity contribution in [2.45, 2.75) is 6.92 Å². The summed E-state index contributed by atoms with van der Waals surface area (Å²) in [5.74, 6) is -0.281. The summed E-state index contributed by atoms with van der Waals surface area (Å²) in [6.45, 7) is 1.87. The monoisotopic (exact) mass is 365 g/mol. The van der Waals surface area contributed by atoms with Gasteiger partial charge < -0.3 is 0 Å². The number of non-ortho nitro benzene ring substituents is 1. The number of nitro benzene ring substituents is 1. The molecule has 0 saturated carbocycles. The van der Waals surface area contributed by atoms with Crippen LogP contribution in [0.1, 0.15) is 11.3 Å². The molecule has 1 heterocycles. The Morgan fingerprint density at radius 1 is 1.19 bits per heavy atom. The van der Waals surface area contributed by atoms with Crippen LogP contribution in [0.4, 0.5) is 16.5 Å². The second-order valence-electron chi connectivity index (χ2n) is 5.47.